The van der Waals surface area contributed by atoms with E-state index in [1.807, 2.05) is 60.7 Å². The van der Waals surface area contributed by atoms with E-state index in [9.17, 15) is 5.11 Å². The molecule has 96 valence electrons. The molecule has 1 N–H and O–H groups in total. The Morgan fingerprint density at radius 2 is 1.58 bits per heavy atom. The van der Waals surface area contributed by atoms with Gasteiger partial charge in [-0.3, -0.25) is 0 Å². The van der Waals surface area contributed by atoms with E-state index in [0.717, 1.165) is 16.8 Å². The zero-order chi connectivity index (χ0) is 13.1. The molecule has 3 rings (SSSR count). The molecule has 2 aromatic rings. The van der Waals surface area contributed by atoms with Gasteiger partial charge in [0.25, 0.3) is 0 Å². The maximum absolute atomic E-state index is 9.96. The molecule has 3 heteroatoms. The highest BCUT2D eigenvalue weighted by atomic mass is 16.7. The summed E-state index contributed by atoms with van der Waals surface area (Å²) in [6.07, 6.45) is -0.204. The van der Waals surface area contributed by atoms with E-state index in [0.29, 0.717) is 6.42 Å². The van der Waals surface area contributed by atoms with Gasteiger partial charge in [0.05, 0.1) is 11.6 Å². The van der Waals surface area contributed by atoms with Crippen molar-refractivity contribution in [3.63, 3.8) is 0 Å². The summed E-state index contributed by atoms with van der Waals surface area (Å²) in [5.41, 5.74) is 2.98. The molecule has 0 aromatic heterocycles. The van der Waals surface area contributed by atoms with E-state index in [1.54, 1.807) is 0 Å². The molecule has 0 bridgehead atoms. The molecule has 0 spiro atoms. The summed E-state index contributed by atoms with van der Waals surface area (Å²) in [6.45, 7) is 0. The second-order valence-electron chi connectivity index (χ2n) is 4.62. The molecule has 1 heterocycles. The molecule has 0 amide bonds. The standard InChI is InChI=1S/C16H15NO2/c18-16-14(12-7-3-1-4-8-12)11-15(17-19-16)13-9-5-2-6-10-13/h1-10,14,16,18H,11H2. The summed E-state index contributed by atoms with van der Waals surface area (Å²) in [5.74, 6) is -0.0751. The highest BCUT2D eigenvalue weighted by Crippen LogP contribution is 2.30. The van der Waals surface area contributed by atoms with E-state index < -0.39 is 6.29 Å². The van der Waals surface area contributed by atoms with Crippen LogP contribution in [0, 0.1) is 0 Å². The average molecular weight is 253 g/mol. The van der Waals surface area contributed by atoms with E-state index in [2.05, 4.69) is 5.16 Å². The van der Waals surface area contributed by atoms with Crippen LogP contribution in [0.4, 0.5) is 0 Å². The highest BCUT2D eigenvalue weighted by molar-refractivity contribution is 6.00. The minimum absolute atomic E-state index is 0.0751. The second kappa shape index (κ2) is 5.24. The van der Waals surface area contributed by atoms with Gasteiger partial charge in [-0.15, -0.1) is 0 Å². The molecule has 2 unspecified atom stereocenters. The Hall–Kier alpha value is -2.13. The lowest BCUT2D eigenvalue weighted by molar-refractivity contribution is -0.120. The van der Waals surface area contributed by atoms with Crippen LogP contribution in [-0.2, 0) is 4.84 Å². The minimum atomic E-state index is -0.880. The lowest BCUT2D eigenvalue weighted by atomic mass is 9.90. The topological polar surface area (TPSA) is 41.8 Å². The fourth-order valence-corrected chi connectivity index (χ4v) is 2.32. The molecule has 19 heavy (non-hydrogen) atoms. The van der Waals surface area contributed by atoms with Crippen LogP contribution in [-0.4, -0.2) is 17.1 Å². The van der Waals surface area contributed by atoms with Crippen molar-refractivity contribution in [1.29, 1.82) is 0 Å². The van der Waals surface area contributed by atoms with Gasteiger partial charge in [0.2, 0.25) is 6.29 Å². The van der Waals surface area contributed by atoms with E-state index in [-0.39, 0.29) is 5.92 Å². The van der Waals surface area contributed by atoms with Gasteiger partial charge < -0.3 is 9.94 Å². The summed E-state index contributed by atoms with van der Waals surface area (Å²) in [7, 11) is 0. The summed E-state index contributed by atoms with van der Waals surface area (Å²) < 4.78 is 0. The first kappa shape index (κ1) is 11.9. The van der Waals surface area contributed by atoms with Crippen molar-refractivity contribution in [1.82, 2.24) is 0 Å². The van der Waals surface area contributed by atoms with Crippen molar-refractivity contribution in [3.05, 3.63) is 71.8 Å². The van der Waals surface area contributed by atoms with Gasteiger partial charge in [0.1, 0.15) is 0 Å². The minimum Gasteiger partial charge on any atom is -0.363 e. The summed E-state index contributed by atoms with van der Waals surface area (Å²) >= 11 is 0. The van der Waals surface area contributed by atoms with E-state index in [4.69, 9.17) is 4.84 Å². The van der Waals surface area contributed by atoms with Crippen LogP contribution in [0.1, 0.15) is 23.5 Å². The first-order valence-corrected chi connectivity index (χ1v) is 6.36. The Morgan fingerprint density at radius 3 is 2.26 bits per heavy atom. The summed E-state index contributed by atoms with van der Waals surface area (Å²) in [6, 6.07) is 19.8. The van der Waals surface area contributed by atoms with Crippen molar-refractivity contribution in [2.75, 3.05) is 0 Å². The quantitative estimate of drug-likeness (QED) is 0.894. The number of rotatable bonds is 2. The fourth-order valence-electron chi connectivity index (χ4n) is 2.32. The highest BCUT2D eigenvalue weighted by Gasteiger charge is 2.29. The number of benzene rings is 2. The SMILES string of the molecule is OC1ON=C(c2ccccc2)CC1c1ccccc1. The fraction of sp³-hybridized carbons (Fsp3) is 0.188. The van der Waals surface area contributed by atoms with Crippen LogP contribution in [0.5, 0.6) is 0 Å². The van der Waals surface area contributed by atoms with Gasteiger partial charge in [-0.25, -0.2) is 0 Å². The first-order valence-electron chi connectivity index (χ1n) is 6.36. The van der Waals surface area contributed by atoms with Crippen LogP contribution < -0.4 is 0 Å². The molecule has 3 nitrogen and oxygen atoms in total. The van der Waals surface area contributed by atoms with Crippen LogP contribution >= 0.6 is 0 Å². The van der Waals surface area contributed by atoms with Crippen LogP contribution in [0.25, 0.3) is 0 Å². The third-order valence-electron chi connectivity index (χ3n) is 3.36. The number of hydrogen-bond acceptors (Lipinski definition) is 3. The number of aliphatic hydroxyl groups is 1. The monoisotopic (exact) mass is 253 g/mol. The third kappa shape index (κ3) is 2.51. The third-order valence-corrected chi connectivity index (χ3v) is 3.36. The Balaban J connectivity index is 1.88. The van der Waals surface area contributed by atoms with E-state index >= 15 is 0 Å². The number of hydrogen-bond donors (Lipinski definition) is 1. The molecule has 0 radical (unpaired) electrons. The summed E-state index contributed by atoms with van der Waals surface area (Å²) in [5, 5.41) is 14.0. The van der Waals surface area contributed by atoms with Crippen LogP contribution in [0.15, 0.2) is 65.8 Å². The molecule has 1 aliphatic rings. The number of nitrogens with zero attached hydrogens (tertiary/aromatic N) is 1. The molecule has 0 fully saturated rings. The normalized spacial score (nSPS) is 22.5. The van der Waals surface area contributed by atoms with Gasteiger partial charge in [-0.2, -0.15) is 0 Å². The smallest absolute Gasteiger partial charge is 0.231 e. The Bertz CT molecular complexity index is 566. The Labute approximate surface area is 112 Å². The Kier molecular flexibility index (Phi) is 3.29. The second-order valence-corrected chi connectivity index (χ2v) is 4.62. The Morgan fingerprint density at radius 1 is 0.947 bits per heavy atom. The molecule has 0 saturated carbocycles. The van der Waals surface area contributed by atoms with Crippen molar-refractivity contribution in [2.24, 2.45) is 5.16 Å². The lowest BCUT2D eigenvalue weighted by Gasteiger charge is -2.26. The largest absolute Gasteiger partial charge is 0.363 e. The predicted octanol–water partition coefficient (Wildman–Crippen LogP) is 2.91. The van der Waals surface area contributed by atoms with Crippen molar-refractivity contribution >= 4 is 5.71 Å². The molecule has 2 atom stereocenters. The van der Waals surface area contributed by atoms with Gasteiger partial charge in [-0.1, -0.05) is 65.8 Å². The zero-order valence-electron chi connectivity index (χ0n) is 10.4. The molecular formula is C16H15NO2. The average Bonchev–Trinajstić information content (AvgIpc) is 2.49. The number of oxime groups is 1. The number of aliphatic hydroxyl groups excluding tert-OH is 1. The van der Waals surface area contributed by atoms with Crippen LogP contribution in [0.3, 0.4) is 0 Å². The maximum atomic E-state index is 9.96. The first-order chi connectivity index (χ1) is 9.34. The lowest BCUT2D eigenvalue weighted by Crippen LogP contribution is -2.28. The molecule has 0 aliphatic carbocycles. The van der Waals surface area contributed by atoms with E-state index in [1.165, 1.54) is 0 Å². The molecular weight excluding hydrogens is 238 g/mol. The molecule has 0 saturated heterocycles. The maximum Gasteiger partial charge on any atom is 0.231 e. The van der Waals surface area contributed by atoms with Crippen molar-refractivity contribution in [2.45, 2.75) is 18.6 Å². The van der Waals surface area contributed by atoms with Crippen molar-refractivity contribution in [3.8, 4) is 0 Å². The van der Waals surface area contributed by atoms with Crippen LogP contribution in [0.2, 0.25) is 0 Å². The van der Waals surface area contributed by atoms with Gasteiger partial charge >= 0.3 is 0 Å². The molecule has 1 aliphatic heterocycles. The van der Waals surface area contributed by atoms with Gasteiger partial charge in [0.15, 0.2) is 0 Å². The predicted molar refractivity (Wildman–Crippen MR) is 73.9 cm³/mol. The zero-order valence-corrected chi connectivity index (χ0v) is 10.4. The van der Waals surface area contributed by atoms with Gasteiger partial charge in [-0.05, 0) is 11.1 Å². The van der Waals surface area contributed by atoms with Gasteiger partial charge in [0, 0.05) is 6.42 Å². The molecule has 2 aromatic carbocycles. The summed E-state index contributed by atoms with van der Waals surface area (Å²) in [4.78, 5) is 5.16. The van der Waals surface area contributed by atoms with Crippen molar-refractivity contribution < 1.29 is 9.94 Å².